The van der Waals surface area contributed by atoms with Crippen LogP contribution in [0, 0.1) is 12.8 Å². The molecule has 0 unspecified atom stereocenters. The highest BCUT2D eigenvalue weighted by Crippen LogP contribution is 2.27. The van der Waals surface area contributed by atoms with Gasteiger partial charge in [0.25, 0.3) is 0 Å². The highest BCUT2D eigenvalue weighted by molar-refractivity contribution is 5.69. The van der Waals surface area contributed by atoms with Crippen LogP contribution in [-0.2, 0) is 16.0 Å². The molecule has 1 aromatic rings. The molecule has 0 fully saturated rings. The molecular formula is C14H19NO2. The summed E-state index contributed by atoms with van der Waals surface area (Å²) in [6, 6.07) is 6.51. The van der Waals surface area contributed by atoms with Gasteiger partial charge in [-0.15, -0.1) is 0 Å². The molecule has 0 aromatic heterocycles. The third-order valence-corrected chi connectivity index (χ3v) is 3.34. The molecule has 1 N–H and O–H groups in total. The Morgan fingerprint density at radius 2 is 2.35 bits per heavy atom. The highest BCUT2D eigenvalue weighted by atomic mass is 16.5. The molecule has 0 spiro atoms. The first-order valence-electron chi connectivity index (χ1n) is 6.09. The lowest BCUT2D eigenvalue weighted by Gasteiger charge is -2.26. The van der Waals surface area contributed by atoms with E-state index in [1.54, 1.807) is 0 Å². The van der Waals surface area contributed by atoms with E-state index in [1.165, 1.54) is 23.9 Å². The molecule has 1 aliphatic rings. The molecule has 0 aliphatic carbocycles. The second-order valence-corrected chi connectivity index (χ2v) is 4.73. The second kappa shape index (κ2) is 5.21. The lowest BCUT2D eigenvalue weighted by Crippen LogP contribution is -2.24. The molecular weight excluding hydrogens is 214 g/mol. The summed E-state index contributed by atoms with van der Waals surface area (Å²) in [4.78, 5) is 11.1. The van der Waals surface area contributed by atoms with Crippen molar-refractivity contribution in [3.8, 4) is 0 Å². The number of hydrogen-bond acceptors (Lipinski definition) is 3. The number of fused-ring (bicyclic) bond motifs is 1. The minimum Gasteiger partial charge on any atom is -0.469 e. The van der Waals surface area contributed by atoms with Crippen LogP contribution in [0.15, 0.2) is 18.2 Å². The third kappa shape index (κ3) is 2.99. The van der Waals surface area contributed by atoms with E-state index in [4.69, 9.17) is 0 Å². The average Bonchev–Trinajstić information content (AvgIpc) is 2.35. The maximum atomic E-state index is 11.1. The summed E-state index contributed by atoms with van der Waals surface area (Å²) in [5.74, 6) is 0.420. The topological polar surface area (TPSA) is 38.3 Å². The number of anilines is 1. The Labute approximate surface area is 102 Å². The van der Waals surface area contributed by atoms with Crippen LogP contribution in [-0.4, -0.2) is 19.6 Å². The standard InChI is InChI=1S/C14H19NO2/c1-10-3-5-12-8-11(4-6-14(16)17-2)9-15-13(12)7-10/h3,5,7,11,15H,4,6,8-9H2,1-2H3/t11-/m0/s1. The summed E-state index contributed by atoms with van der Waals surface area (Å²) in [5, 5.41) is 3.44. The Morgan fingerprint density at radius 1 is 1.53 bits per heavy atom. The van der Waals surface area contributed by atoms with E-state index < -0.39 is 0 Å². The molecule has 1 aliphatic heterocycles. The monoisotopic (exact) mass is 233 g/mol. The van der Waals surface area contributed by atoms with Gasteiger partial charge in [-0.2, -0.15) is 0 Å². The van der Waals surface area contributed by atoms with Gasteiger partial charge in [0.15, 0.2) is 0 Å². The van der Waals surface area contributed by atoms with Crippen LogP contribution >= 0.6 is 0 Å². The molecule has 1 atom stereocenters. The zero-order chi connectivity index (χ0) is 12.3. The van der Waals surface area contributed by atoms with Gasteiger partial charge >= 0.3 is 5.97 Å². The van der Waals surface area contributed by atoms with Gasteiger partial charge in [-0.25, -0.2) is 0 Å². The number of benzene rings is 1. The smallest absolute Gasteiger partial charge is 0.305 e. The quantitative estimate of drug-likeness (QED) is 0.815. The maximum absolute atomic E-state index is 11.1. The van der Waals surface area contributed by atoms with Crippen molar-refractivity contribution in [2.24, 2.45) is 5.92 Å². The third-order valence-electron chi connectivity index (χ3n) is 3.34. The van der Waals surface area contributed by atoms with Crippen LogP contribution in [0.2, 0.25) is 0 Å². The van der Waals surface area contributed by atoms with E-state index in [2.05, 4.69) is 35.2 Å². The van der Waals surface area contributed by atoms with E-state index in [0.717, 1.165) is 19.4 Å². The molecule has 92 valence electrons. The summed E-state index contributed by atoms with van der Waals surface area (Å²) in [6.07, 6.45) is 2.47. The number of methoxy groups -OCH3 is 1. The Hall–Kier alpha value is -1.51. The number of esters is 1. The van der Waals surface area contributed by atoms with Crippen LogP contribution in [0.4, 0.5) is 5.69 Å². The number of ether oxygens (including phenoxy) is 1. The first-order chi connectivity index (χ1) is 8.19. The molecule has 17 heavy (non-hydrogen) atoms. The van der Waals surface area contributed by atoms with E-state index in [0.29, 0.717) is 12.3 Å². The molecule has 0 saturated carbocycles. The molecule has 3 heteroatoms. The predicted octanol–water partition coefficient (Wildman–Crippen LogP) is 2.53. The first kappa shape index (κ1) is 12.0. The van der Waals surface area contributed by atoms with Crippen molar-refractivity contribution in [3.05, 3.63) is 29.3 Å². The van der Waals surface area contributed by atoms with Crippen LogP contribution in [0.1, 0.15) is 24.0 Å². The summed E-state index contributed by atoms with van der Waals surface area (Å²) >= 11 is 0. The van der Waals surface area contributed by atoms with E-state index >= 15 is 0 Å². The molecule has 0 saturated heterocycles. The molecule has 1 aromatic carbocycles. The fraction of sp³-hybridized carbons (Fsp3) is 0.500. The van der Waals surface area contributed by atoms with Gasteiger partial charge in [0, 0.05) is 18.7 Å². The Balaban J connectivity index is 1.94. The number of rotatable bonds is 3. The lowest BCUT2D eigenvalue weighted by molar-refractivity contribution is -0.140. The zero-order valence-corrected chi connectivity index (χ0v) is 10.5. The van der Waals surface area contributed by atoms with E-state index in [-0.39, 0.29) is 5.97 Å². The van der Waals surface area contributed by atoms with E-state index in [1.807, 2.05) is 0 Å². The number of carbonyl (C=O) groups is 1. The minimum absolute atomic E-state index is 0.111. The lowest BCUT2D eigenvalue weighted by atomic mass is 9.90. The van der Waals surface area contributed by atoms with Gasteiger partial charge in [0.1, 0.15) is 0 Å². The van der Waals surface area contributed by atoms with Crippen molar-refractivity contribution in [2.75, 3.05) is 19.0 Å². The summed E-state index contributed by atoms with van der Waals surface area (Å²) < 4.78 is 4.67. The molecule has 0 amide bonds. The molecule has 0 bridgehead atoms. The van der Waals surface area contributed by atoms with Crippen molar-refractivity contribution >= 4 is 11.7 Å². The Bertz CT molecular complexity index is 415. The minimum atomic E-state index is -0.111. The Morgan fingerprint density at radius 3 is 3.12 bits per heavy atom. The van der Waals surface area contributed by atoms with Gasteiger partial charge in [-0.05, 0) is 42.9 Å². The van der Waals surface area contributed by atoms with Crippen molar-refractivity contribution in [3.63, 3.8) is 0 Å². The number of aryl methyl sites for hydroxylation is 1. The molecule has 0 radical (unpaired) electrons. The Kier molecular flexibility index (Phi) is 3.67. The summed E-state index contributed by atoms with van der Waals surface area (Å²) in [6.45, 7) is 3.05. The number of carbonyl (C=O) groups excluding carboxylic acids is 1. The predicted molar refractivity (Wildman–Crippen MR) is 68.1 cm³/mol. The largest absolute Gasteiger partial charge is 0.469 e. The first-order valence-corrected chi connectivity index (χ1v) is 6.09. The molecule has 3 nitrogen and oxygen atoms in total. The highest BCUT2D eigenvalue weighted by Gasteiger charge is 2.18. The van der Waals surface area contributed by atoms with Crippen LogP contribution < -0.4 is 5.32 Å². The fourth-order valence-electron chi connectivity index (χ4n) is 2.30. The molecule has 1 heterocycles. The van der Waals surface area contributed by atoms with Crippen LogP contribution in [0.25, 0.3) is 0 Å². The zero-order valence-electron chi connectivity index (χ0n) is 10.5. The van der Waals surface area contributed by atoms with Crippen molar-refractivity contribution in [2.45, 2.75) is 26.2 Å². The average molecular weight is 233 g/mol. The maximum Gasteiger partial charge on any atom is 0.305 e. The number of hydrogen-bond donors (Lipinski definition) is 1. The summed E-state index contributed by atoms with van der Waals surface area (Å²) in [5.41, 5.74) is 3.89. The molecule has 2 rings (SSSR count). The SMILES string of the molecule is COC(=O)CC[C@@H]1CNc2cc(C)ccc2C1. The van der Waals surface area contributed by atoms with Gasteiger partial charge in [0.05, 0.1) is 7.11 Å². The van der Waals surface area contributed by atoms with Crippen LogP contribution in [0.5, 0.6) is 0 Å². The van der Waals surface area contributed by atoms with Gasteiger partial charge in [-0.3, -0.25) is 4.79 Å². The fourth-order valence-corrected chi connectivity index (χ4v) is 2.30. The van der Waals surface area contributed by atoms with Crippen molar-refractivity contribution in [1.82, 2.24) is 0 Å². The van der Waals surface area contributed by atoms with Crippen molar-refractivity contribution in [1.29, 1.82) is 0 Å². The van der Waals surface area contributed by atoms with Crippen molar-refractivity contribution < 1.29 is 9.53 Å². The van der Waals surface area contributed by atoms with Gasteiger partial charge < -0.3 is 10.1 Å². The van der Waals surface area contributed by atoms with Gasteiger partial charge in [0.2, 0.25) is 0 Å². The van der Waals surface area contributed by atoms with E-state index in [9.17, 15) is 4.79 Å². The summed E-state index contributed by atoms with van der Waals surface area (Å²) in [7, 11) is 1.44. The normalized spacial score (nSPS) is 18.1. The van der Waals surface area contributed by atoms with Crippen LogP contribution in [0.3, 0.4) is 0 Å². The second-order valence-electron chi connectivity index (χ2n) is 4.73. The van der Waals surface area contributed by atoms with Gasteiger partial charge in [-0.1, -0.05) is 12.1 Å². The number of nitrogens with one attached hydrogen (secondary N) is 1.